The highest BCUT2D eigenvalue weighted by molar-refractivity contribution is 6.31. The van der Waals surface area contributed by atoms with Crippen molar-refractivity contribution >= 4 is 23.9 Å². The molecule has 0 aromatic heterocycles. The van der Waals surface area contributed by atoms with Crippen LogP contribution in [0.25, 0.3) is 6.08 Å². The van der Waals surface area contributed by atoms with E-state index in [0.29, 0.717) is 17.1 Å². The van der Waals surface area contributed by atoms with Crippen LogP contribution in [-0.2, 0) is 9.59 Å². The van der Waals surface area contributed by atoms with E-state index in [9.17, 15) is 14.4 Å². The number of rotatable bonds is 3. The van der Waals surface area contributed by atoms with Crippen molar-refractivity contribution in [1.29, 1.82) is 0 Å². The highest BCUT2D eigenvalue weighted by Gasteiger charge is 2.28. The number of benzene rings is 1. The third kappa shape index (κ3) is 2.61. The summed E-state index contributed by atoms with van der Waals surface area (Å²) in [4.78, 5) is 34.3. The van der Waals surface area contributed by atoms with Crippen molar-refractivity contribution in [3.8, 4) is 11.5 Å². The zero-order valence-corrected chi connectivity index (χ0v) is 10.9. The van der Waals surface area contributed by atoms with Crippen molar-refractivity contribution in [2.75, 3.05) is 14.2 Å². The van der Waals surface area contributed by atoms with Crippen LogP contribution in [0.3, 0.4) is 0 Å². The summed E-state index contributed by atoms with van der Waals surface area (Å²) in [5.41, 5.74) is 0.303. The standard InChI is InChI=1S/C13H12N2O5/c1-19-8-3-4-10(20-2)7(5-8)6-9-11(16)14-13(18)15-12(9)17/h3-6H,1-2H3,(H2,14,15,16,17,18). The van der Waals surface area contributed by atoms with Crippen LogP contribution in [0.4, 0.5) is 4.79 Å². The van der Waals surface area contributed by atoms with Gasteiger partial charge in [0.1, 0.15) is 17.1 Å². The molecule has 1 heterocycles. The van der Waals surface area contributed by atoms with Gasteiger partial charge in [0.2, 0.25) is 0 Å². The average Bonchev–Trinajstić information content (AvgIpc) is 2.42. The summed E-state index contributed by atoms with van der Waals surface area (Å²) in [6.45, 7) is 0. The van der Waals surface area contributed by atoms with Gasteiger partial charge in [-0.25, -0.2) is 4.79 Å². The number of amides is 4. The minimum absolute atomic E-state index is 0.184. The fourth-order valence-corrected chi connectivity index (χ4v) is 1.71. The van der Waals surface area contributed by atoms with Gasteiger partial charge in [0.25, 0.3) is 11.8 Å². The molecule has 7 heteroatoms. The van der Waals surface area contributed by atoms with Crippen LogP contribution in [0, 0.1) is 0 Å². The molecule has 20 heavy (non-hydrogen) atoms. The van der Waals surface area contributed by atoms with Crippen molar-refractivity contribution in [3.05, 3.63) is 29.3 Å². The van der Waals surface area contributed by atoms with Crippen LogP contribution >= 0.6 is 0 Å². The number of urea groups is 1. The van der Waals surface area contributed by atoms with Gasteiger partial charge >= 0.3 is 6.03 Å². The number of methoxy groups -OCH3 is 2. The van der Waals surface area contributed by atoms with Gasteiger partial charge in [-0.05, 0) is 24.3 Å². The quantitative estimate of drug-likeness (QED) is 0.617. The fourth-order valence-electron chi connectivity index (χ4n) is 1.71. The van der Waals surface area contributed by atoms with Gasteiger partial charge in [0, 0.05) is 5.56 Å². The first kappa shape index (κ1) is 13.6. The predicted octanol–water partition coefficient (Wildman–Crippen LogP) is 0.453. The Hall–Kier alpha value is -2.83. The highest BCUT2D eigenvalue weighted by Crippen LogP contribution is 2.26. The van der Waals surface area contributed by atoms with E-state index in [0.717, 1.165) is 0 Å². The monoisotopic (exact) mass is 276 g/mol. The summed E-state index contributed by atoms with van der Waals surface area (Å²) in [7, 11) is 2.96. The van der Waals surface area contributed by atoms with Crippen LogP contribution in [0.15, 0.2) is 23.8 Å². The van der Waals surface area contributed by atoms with Gasteiger partial charge in [-0.1, -0.05) is 0 Å². The first-order valence-electron chi connectivity index (χ1n) is 5.65. The zero-order chi connectivity index (χ0) is 14.7. The SMILES string of the molecule is COc1ccc(OC)c(C=C2C(=O)NC(=O)NC2=O)c1. The zero-order valence-electron chi connectivity index (χ0n) is 10.9. The number of ether oxygens (including phenoxy) is 2. The molecule has 0 aliphatic carbocycles. The van der Waals surface area contributed by atoms with Gasteiger partial charge < -0.3 is 9.47 Å². The third-order valence-electron chi connectivity index (χ3n) is 2.68. The second-order valence-corrected chi connectivity index (χ2v) is 3.90. The summed E-state index contributed by atoms with van der Waals surface area (Å²) >= 11 is 0. The highest BCUT2D eigenvalue weighted by atomic mass is 16.5. The Morgan fingerprint density at radius 1 is 1.00 bits per heavy atom. The maximum absolute atomic E-state index is 11.6. The minimum Gasteiger partial charge on any atom is -0.497 e. The molecule has 0 unspecified atom stereocenters. The molecular formula is C13H12N2O5. The first-order valence-corrected chi connectivity index (χ1v) is 5.65. The van der Waals surface area contributed by atoms with Crippen LogP contribution in [-0.4, -0.2) is 32.1 Å². The Labute approximate surface area is 114 Å². The van der Waals surface area contributed by atoms with Crippen molar-refractivity contribution in [2.24, 2.45) is 0 Å². The number of carbonyl (C=O) groups is 3. The number of hydrogen-bond donors (Lipinski definition) is 2. The van der Waals surface area contributed by atoms with Gasteiger partial charge in [0.05, 0.1) is 14.2 Å². The molecule has 1 aliphatic rings. The summed E-state index contributed by atoms with van der Waals surface area (Å²) in [6, 6.07) is 4.11. The number of nitrogens with one attached hydrogen (secondary N) is 2. The summed E-state index contributed by atoms with van der Waals surface area (Å²) < 4.78 is 10.2. The maximum Gasteiger partial charge on any atom is 0.328 e. The molecule has 1 saturated heterocycles. The largest absolute Gasteiger partial charge is 0.497 e. The lowest BCUT2D eigenvalue weighted by Crippen LogP contribution is -2.51. The molecule has 0 radical (unpaired) electrons. The van der Waals surface area contributed by atoms with E-state index in [2.05, 4.69) is 0 Å². The molecule has 0 atom stereocenters. The summed E-state index contributed by atoms with van der Waals surface area (Å²) in [5, 5.41) is 3.99. The molecule has 1 aromatic carbocycles. The molecule has 2 N–H and O–H groups in total. The second kappa shape index (κ2) is 5.43. The number of hydrogen-bond acceptors (Lipinski definition) is 5. The Morgan fingerprint density at radius 2 is 1.65 bits per heavy atom. The van der Waals surface area contributed by atoms with Crippen molar-refractivity contribution < 1.29 is 23.9 Å². The van der Waals surface area contributed by atoms with Crippen LogP contribution in [0.2, 0.25) is 0 Å². The Balaban J connectivity index is 2.45. The van der Waals surface area contributed by atoms with Gasteiger partial charge in [-0.15, -0.1) is 0 Å². The number of carbonyl (C=O) groups excluding carboxylic acids is 3. The lowest BCUT2D eigenvalue weighted by Gasteiger charge is -2.14. The summed E-state index contributed by atoms with van der Waals surface area (Å²) in [5.74, 6) is -0.506. The molecule has 0 bridgehead atoms. The second-order valence-electron chi connectivity index (χ2n) is 3.90. The number of imide groups is 2. The van der Waals surface area contributed by atoms with E-state index in [1.54, 1.807) is 18.2 Å². The first-order chi connectivity index (χ1) is 9.55. The smallest absolute Gasteiger partial charge is 0.328 e. The predicted molar refractivity (Wildman–Crippen MR) is 69.2 cm³/mol. The molecule has 1 aliphatic heterocycles. The third-order valence-corrected chi connectivity index (χ3v) is 2.68. The van der Waals surface area contributed by atoms with Gasteiger partial charge in [-0.3, -0.25) is 20.2 Å². The lowest BCUT2D eigenvalue weighted by atomic mass is 10.1. The van der Waals surface area contributed by atoms with Crippen molar-refractivity contribution in [3.63, 3.8) is 0 Å². The number of barbiturate groups is 1. The van der Waals surface area contributed by atoms with Crippen molar-refractivity contribution in [2.45, 2.75) is 0 Å². The molecule has 7 nitrogen and oxygen atoms in total. The molecular weight excluding hydrogens is 264 g/mol. The van der Waals surface area contributed by atoms with E-state index in [1.807, 2.05) is 10.6 Å². The van der Waals surface area contributed by atoms with E-state index in [4.69, 9.17) is 9.47 Å². The minimum atomic E-state index is -0.838. The average molecular weight is 276 g/mol. The molecule has 0 spiro atoms. The van der Waals surface area contributed by atoms with Gasteiger partial charge in [0.15, 0.2) is 0 Å². The van der Waals surface area contributed by atoms with Crippen molar-refractivity contribution in [1.82, 2.24) is 10.6 Å². The fraction of sp³-hybridized carbons (Fsp3) is 0.154. The topological polar surface area (TPSA) is 93.7 Å². The van der Waals surface area contributed by atoms with Crippen LogP contribution in [0.5, 0.6) is 11.5 Å². The molecule has 1 fully saturated rings. The van der Waals surface area contributed by atoms with E-state index in [-0.39, 0.29) is 5.57 Å². The van der Waals surface area contributed by atoms with E-state index < -0.39 is 17.8 Å². The Kier molecular flexibility index (Phi) is 3.69. The van der Waals surface area contributed by atoms with Crippen LogP contribution in [0.1, 0.15) is 5.56 Å². The Morgan fingerprint density at radius 3 is 2.20 bits per heavy atom. The molecule has 1 aromatic rings. The summed E-state index contributed by atoms with van der Waals surface area (Å²) in [6.07, 6.45) is 1.33. The molecule has 0 saturated carbocycles. The van der Waals surface area contributed by atoms with E-state index in [1.165, 1.54) is 20.3 Å². The maximum atomic E-state index is 11.6. The normalized spacial score (nSPS) is 14.5. The lowest BCUT2D eigenvalue weighted by molar-refractivity contribution is -0.123. The van der Waals surface area contributed by atoms with Gasteiger partial charge in [-0.2, -0.15) is 0 Å². The molecule has 104 valence electrons. The molecule has 2 rings (SSSR count). The van der Waals surface area contributed by atoms with E-state index >= 15 is 0 Å². The molecule has 4 amide bonds. The van der Waals surface area contributed by atoms with Crippen LogP contribution < -0.4 is 20.1 Å². The Bertz CT molecular complexity index is 599.